The summed E-state index contributed by atoms with van der Waals surface area (Å²) in [7, 11) is 0. The molecule has 0 radical (unpaired) electrons. The first-order chi connectivity index (χ1) is 7.15. The summed E-state index contributed by atoms with van der Waals surface area (Å²) in [6.45, 7) is 3.84. The molecule has 0 spiro atoms. The Bertz CT molecular complexity index is 277. The molecule has 1 aliphatic heterocycles. The van der Waals surface area contributed by atoms with Crippen molar-refractivity contribution in [1.29, 1.82) is 5.53 Å². The van der Waals surface area contributed by atoms with Crippen molar-refractivity contribution < 1.29 is 4.79 Å². The van der Waals surface area contributed by atoms with Gasteiger partial charge in [0.2, 0.25) is 5.91 Å². The molecule has 1 saturated heterocycles. The zero-order valence-corrected chi connectivity index (χ0v) is 9.44. The maximum atomic E-state index is 12.0. The minimum absolute atomic E-state index is 0.0219. The zero-order valence-electron chi connectivity index (χ0n) is 9.44. The molecular weight excluding hydrogens is 190 g/mol. The Balaban J connectivity index is 2.18. The monoisotopic (exact) mass is 209 g/mol. The molecule has 84 valence electrons. The van der Waals surface area contributed by atoms with E-state index in [9.17, 15) is 4.79 Å². The Morgan fingerprint density at radius 2 is 2.20 bits per heavy atom. The second-order valence-corrected chi connectivity index (χ2v) is 5.00. The van der Waals surface area contributed by atoms with Gasteiger partial charge in [-0.05, 0) is 25.2 Å². The van der Waals surface area contributed by atoms with Crippen LogP contribution < -0.4 is 0 Å². The van der Waals surface area contributed by atoms with Gasteiger partial charge < -0.3 is 4.90 Å². The lowest BCUT2D eigenvalue weighted by molar-refractivity contribution is -0.137. The van der Waals surface area contributed by atoms with Crippen LogP contribution in [0.1, 0.15) is 39.5 Å². The van der Waals surface area contributed by atoms with Crippen molar-refractivity contribution in [2.24, 2.45) is 17.0 Å². The maximum Gasteiger partial charge on any atom is 0.227 e. The topological polar surface area (TPSA) is 56.5 Å². The second kappa shape index (κ2) is 3.91. The van der Waals surface area contributed by atoms with Crippen molar-refractivity contribution in [2.75, 3.05) is 0 Å². The molecule has 3 atom stereocenters. The third-order valence-electron chi connectivity index (χ3n) is 3.71. The highest BCUT2D eigenvalue weighted by molar-refractivity contribution is 5.79. The predicted molar refractivity (Wildman–Crippen MR) is 56.4 cm³/mol. The highest BCUT2D eigenvalue weighted by atomic mass is 16.2. The van der Waals surface area contributed by atoms with Crippen LogP contribution in [0.2, 0.25) is 0 Å². The van der Waals surface area contributed by atoms with Crippen LogP contribution in [-0.2, 0) is 4.79 Å². The minimum Gasteiger partial charge on any atom is -0.315 e. The van der Waals surface area contributed by atoms with E-state index in [-0.39, 0.29) is 18.0 Å². The summed E-state index contributed by atoms with van der Waals surface area (Å²) in [4.78, 5) is 13.9. The summed E-state index contributed by atoms with van der Waals surface area (Å²) in [5.74, 6) is 0.797. The van der Waals surface area contributed by atoms with Crippen molar-refractivity contribution in [2.45, 2.75) is 51.7 Å². The van der Waals surface area contributed by atoms with Crippen molar-refractivity contribution in [3.05, 3.63) is 0 Å². The summed E-state index contributed by atoms with van der Waals surface area (Å²) in [6, 6.07) is 0.374. The number of rotatable bonds is 2. The largest absolute Gasteiger partial charge is 0.315 e. The number of fused-ring (bicyclic) bond motifs is 1. The molecule has 1 amide bonds. The lowest BCUT2D eigenvalue weighted by atomic mass is 10.0. The van der Waals surface area contributed by atoms with Gasteiger partial charge in [0.25, 0.3) is 0 Å². The van der Waals surface area contributed by atoms with E-state index in [0.29, 0.717) is 12.0 Å². The van der Waals surface area contributed by atoms with Crippen LogP contribution in [0, 0.1) is 17.4 Å². The SMILES string of the molecule is CC(C)C(=O)N1C(N=N)CC2CCCC21. The highest BCUT2D eigenvalue weighted by Gasteiger charge is 2.46. The standard InChI is InChI=1S/C11H19N3O/c1-7(2)11(15)14-9-5-3-4-8(9)6-10(14)13-12/h7-10,12H,3-6H2,1-2H3. The molecule has 0 aromatic carbocycles. The summed E-state index contributed by atoms with van der Waals surface area (Å²) in [5, 5.41) is 3.61. The fraction of sp³-hybridized carbons (Fsp3) is 0.909. The van der Waals surface area contributed by atoms with Gasteiger partial charge in [-0.15, -0.1) is 0 Å². The average molecular weight is 209 g/mol. The van der Waals surface area contributed by atoms with Crippen LogP contribution in [0.3, 0.4) is 0 Å². The number of carbonyl (C=O) groups excluding carboxylic acids is 1. The maximum absolute atomic E-state index is 12.0. The van der Waals surface area contributed by atoms with E-state index in [1.807, 2.05) is 18.7 Å². The third kappa shape index (κ3) is 1.66. The molecule has 1 saturated carbocycles. The van der Waals surface area contributed by atoms with Gasteiger partial charge >= 0.3 is 0 Å². The van der Waals surface area contributed by atoms with Crippen LogP contribution in [-0.4, -0.2) is 23.0 Å². The fourth-order valence-corrected chi connectivity index (χ4v) is 2.99. The van der Waals surface area contributed by atoms with E-state index in [0.717, 1.165) is 12.8 Å². The molecule has 2 rings (SSSR count). The third-order valence-corrected chi connectivity index (χ3v) is 3.71. The number of carbonyl (C=O) groups is 1. The fourth-order valence-electron chi connectivity index (χ4n) is 2.99. The Kier molecular flexibility index (Phi) is 2.76. The van der Waals surface area contributed by atoms with Gasteiger partial charge in [-0.3, -0.25) is 4.79 Å². The predicted octanol–water partition coefficient (Wildman–Crippen LogP) is 2.40. The number of hydrogen-bond donors (Lipinski definition) is 1. The Labute approximate surface area is 90.5 Å². The molecule has 0 aromatic heterocycles. The number of hydrogen-bond acceptors (Lipinski definition) is 3. The molecule has 0 bridgehead atoms. The van der Waals surface area contributed by atoms with Gasteiger partial charge in [-0.2, -0.15) is 5.11 Å². The normalized spacial score (nSPS) is 34.6. The van der Waals surface area contributed by atoms with Crippen molar-refractivity contribution in [3.8, 4) is 0 Å². The Morgan fingerprint density at radius 3 is 2.80 bits per heavy atom. The van der Waals surface area contributed by atoms with Gasteiger partial charge in [0, 0.05) is 12.0 Å². The number of likely N-dealkylation sites (tertiary alicyclic amines) is 1. The van der Waals surface area contributed by atoms with Crippen LogP contribution in [0.25, 0.3) is 0 Å². The molecule has 4 nitrogen and oxygen atoms in total. The van der Waals surface area contributed by atoms with E-state index in [1.165, 1.54) is 12.8 Å². The smallest absolute Gasteiger partial charge is 0.227 e. The lowest BCUT2D eigenvalue weighted by Crippen LogP contribution is -2.42. The molecule has 1 N–H and O–H groups in total. The van der Waals surface area contributed by atoms with E-state index in [1.54, 1.807) is 0 Å². The Hall–Kier alpha value is -0.930. The van der Waals surface area contributed by atoms with Gasteiger partial charge in [0.15, 0.2) is 0 Å². The van der Waals surface area contributed by atoms with Crippen LogP contribution in [0.15, 0.2) is 5.11 Å². The summed E-state index contributed by atoms with van der Waals surface area (Å²) in [5.41, 5.74) is 7.17. The number of amides is 1. The lowest BCUT2D eigenvalue weighted by Gasteiger charge is -2.28. The molecule has 2 aliphatic rings. The van der Waals surface area contributed by atoms with Gasteiger partial charge in [-0.25, -0.2) is 5.53 Å². The van der Waals surface area contributed by atoms with Crippen LogP contribution in [0.5, 0.6) is 0 Å². The van der Waals surface area contributed by atoms with Crippen molar-refractivity contribution >= 4 is 5.91 Å². The Morgan fingerprint density at radius 1 is 1.47 bits per heavy atom. The molecule has 15 heavy (non-hydrogen) atoms. The first kappa shape index (κ1) is 10.6. The second-order valence-electron chi connectivity index (χ2n) is 5.00. The molecule has 4 heteroatoms. The molecule has 2 fully saturated rings. The van der Waals surface area contributed by atoms with Crippen molar-refractivity contribution in [1.82, 2.24) is 4.90 Å². The van der Waals surface area contributed by atoms with E-state index >= 15 is 0 Å². The highest BCUT2D eigenvalue weighted by Crippen LogP contribution is 2.42. The van der Waals surface area contributed by atoms with Gasteiger partial charge in [-0.1, -0.05) is 20.3 Å². The number of nitrogens with zero attached hydrogens (tertiary/aromatic N) is 2. The molecular formula is C11H19N3O. The molecule has 1 aliphatic carbocycles. The summed E-state index contributed by atoms with van der Waals surface area (Å²) >= 11 is 0. The van der Waals surface area contributed by atoms with Crippen molar-refractivity contribution in [3.63, 3.8) is 0 Å². The van der Waals surface area contributed by atoms with Crippen LogP contribution >= 0.6 is 0 Å². The first-order valence-corrected chi connectivity index (χ1v) is 5.84. The summed E-state index contributed by atoms with van der Waals surface area (Å²) < 4.78 is 0. The quantitative estimate of drug-likeness (QED) is 0.697. The van der Waals surface area contributed by atoms with E-state index in [4.69, 9.17) is 5.53 Å². The minimum atomic E-state index is -0.171. The first-order valence-electron chi connectivity index (χ1n) is 5.84. The average Bonchev–Trinajstić information content (AvgIpc) is 2.74. The van der Waals surface area contributed by atoms with Crippen LogP contribution in [0.4, 0.5) is 0 Å². The van der Waals surface area contributed by atoms with E-state index in [2.05, 4.69) is 5.11 Å². The zero-order chi connectivity index (χ0) is 11.0. The number of nitrogens with one attached hydrogen (secondary N) is 1. The van der Waals surface area contributed by atoms with Gasteiger partial charge in [0.05, 0.1) is 0 Å². The molecule has 3 unspecified atom stereocenters. The molecule has 0 aromatic rings. The van der Waals surface area contributed by atoms with E-state index < -0.39 is 0 Å². The molecule has 1 heterocycles. The summed E-state index contributed by atoms with van der Waals surface area (Å²) in [6.07, 6.45) is 4.28. The van der Waals surface area contributed by atoms with Gasteiger partial charge in [0.1, 0.15) is 6.17 Å².